The van der Waals surface area contributed by atoms with Crippen LogP contribution in [0.4, 0.5) is 0 Å². The first-order valence-electron chi connectivity index (χ1n) is 4.41. The highest BCUT2D eigenvalue weighted by molar-refractivity contribution is 5.28. The van der Waals surface area contributed by atoms with Crippen LogP contribution in [0.25, 0.3) is 0 Å². The summed E-state index contributed by atoms with van der Waals surface area (Å²) in [6, 6.07) is 9.85. The molecule has 0 aromatic heterocycles. The molecule has 13 heavy (non-hydrogen) atoms. The molecule has 68 valence electrons. The molecule has 0 aliphatic heterocycles. The van der Waals surface area contributed by atoms with Crippen LogP contribution in [-0.4, -0.2) is 6.10 Å². The molecule has 2 heteroatoms. The van der Waals surface area contributed by atoms with Gasteiger partial charge >= 0.3 is 0 Å². The molecule has 0 aliphatic carbocycles. The maximum absolute atomic E-state index is 8.55. The van der Waals surface area contributed by atoms with Gasteiger partial charge in [-0.15, -0.1) is 0 Å². The van der Waals surface area contributed by atoms with Crippen molar-refractivity contribution in [2.75, 3.05) is 0 Å². The second-order valence-corrected chi connectivity index (χ2v) is 2.89. The number of benzene rings is 1. The van der Waals surface area contributed by atoms with Crippen molar-refractivity contribution in [3.8, 4) is 11.8 Å². The van der Waals surface area contributed by atoms with E-state index in [0.717, 1.165) is 12.2 Å². The summed E-state index contributed by atoms with van der Waals surface area (Å²) in [5, 5.41) is 8.55. The van der Waals surface area contributed by atoms with Crippen LogP contribution in [0.2, 0.25) is 0 Å². The second kappa shape index (κ2) is 4.51. The second-order valence-electron chi connectivity index (χ2n) is 2.89. The van der Waals surface area contributed by atoms with Gasteiger partial charge in [0.2, 0.25) is 0 Å². The highest BCUT2D eigenvalue weighted by Crippen LogP contribution is 2.14. The van der Waals surface area contributed by atoms with Gasteiger partial charge in [-0.3, -0.25) is 0 Å². The standard InChI is InChI=1S/C11H13NO/c1-3-10-5-4-6-11(7-10)13-9(2)8-12/h4-7,9H,3H2,1-2H3. The lowest BCUT2D eigenvalue weighted by atomic mass is 10.2. The molecular formula is C11H13NO. The minimum Gasteiger partial charge on any atom is -0.476 e. The molecule has 1 aromatic carbocycles. The Kier molecular flexibility index (Phi) is 3.33. The van der Waals surface area contributed by atoms with Gasteiger partial charge in [-0.25, -0.2) is 0 Å². The van der Waals surface area contributed by atoms with Gasteiger partial charge in [-0.1, -0.05) is 19.1 Å². The number of hydrogen-bond donors (Lipinski definition) is 0. The third-order valence-corrected chi connectivity index (χ3v) is 1.80. The zero-order chi connectivity index (χ0) is 9.68. The van der Waals surface area contributed by atoms with Gasteiger partial charge in [0, 0.05) is 0 Å². The molecule has 1 aromatic rings. The third-order valence-electron chi connectivity index (χ3n) is 1.80. The van der Waals surface area contributed by atoms with Crippen molar-refractivity contribution in [3.05, 3.63) is 29.8 Å². The number of nitriles is 1. The maximum Gasteiger partial charge on any atom is 0.181 e. The van der Waals surface area contributed by atoms with E-state index in [1.807, 2.05) is 30.3 Å². The Morgan fingerprint density at radius 1 is 1.54 bits per heavy atom. The summed E-state index contributed by atoms with van der Waals surface area (Å²) >= 11 is 0. The topological polar surface area (TPSA) is 33.0 Å². The first-order chi connectivity index (χ1) is 6.26. The van der Waals surface area contributed by atoms with Crippen molar-refractivity contribution in [1.29, 1.82) is 5.26 Å². The first-order valence-corrected chi connectivity index (χ1v) is 4.41. The van der Waals surface area contributed by atoms with Gasteiger partial charge in [0.1, 0.15) is 11.8 Å². The zero-order valence-electron chi connectivity index (χ0n) is 7.95. The van der Waals surface area contributed by atoms with Crippen molar-refractivity contribution in [1.82, 2.24) is 0 Å². The van der Waals surface area contributed by atoms with Crippen molar-refractivity contribution >= 4 is 0 Å². The summed E-state index contributed by atoms with van der Waals surface area (Å²) in [5.41, 5.74) is 1.22. The molecule has 0 spiro atoms. The molecule has 1 atom stereocenters. The van der Waals surface area contributed by atoms with E-state index in [1.54, 1.807) is 6.92 Å². The fraction of sp³-hybridized carbons (Fsp3) is 0.364. The molecule has 1 unspecified atom stereocenters. The highest BCUT2D eigenvalue weighted by Gasteiger charge is 2.00. The molecule has 0 saturated heterocycles. The van der Waals surface area contributed by atoms with E-state index in [9.17, 15) is 0 Å². The van der Waals surface area contributed by atoms with Crippen LogP contribution in [0, 0.1) is 11.3 Å². The minimum atomic E-state index is -0.382. The Bertz CT molecular complexity index is 314. The molecular weight excluding hydrogens is 162 g/mol. The van der Waals surface area contributed by atoms with E-state index in [2.05, 4.69) is 6.92 Å². The Hall–Kier alpha value is -1.49. The molecule has 0 heterocycles. The Morgan fingerprint density at radius 2 is 2.31 bits per heavy atom. The van der Waals surface area contributed by atoms with Gasteiger partial charge in [0.25, 0.3) is 0 Å². The normalized spacial score (nSPS) is 11.8. The number of ether oxygens (including phenoxy) is 1. The lowest BCUT2D eigenvalue weighted by molar-refractivity contribution is 0.276. The molecule has 0 radical (unpaired) electrons. The van der Waals surface area contributed by atoms with Crippen molar-refractivity contribution < 1.29 is 4.74 Å². The summed E-state index contributed by atoms with van der Waals surface area (Å²) in [6.07, 6.45) is 0.602. The average Bonchev–Trinajstić information content (AvgIpc) is 2.18. The van der Waals surface area contributed by atoms with Gasteiger partial charge in [-0.05, 0) is 31.0 Å². The molecule has 1 rings (SSSR count). The molecule has 0 saturated carbocycles. The van der Waals surface area contributed by atoms with E-state index in [1.165, 1.54) is 5.56 Å². The van der Waals surface area contributed by atoms with E-state index in [0.29, 0.717) is 0 Å². The predicted molar refractivity (Wildman–Crippen MR) is 51.5 cm³/mol. The first kappa shape index (κ1) is 9.60. The van der Waals surface area contributed by atoms with Crippen LogP contribution in [0.5, 0.6) is 5.75 Å². The van der Waals surface area contributed by atoms with Gasteiger partial charge < -0.3 is 4.74 Å². The minimum absolute atomic E-state index is 0.382. The summed E-state index contributed by atoms with van der Waals surface area (Å²) in [7, 11) is 0. The number of aryl methyl sites for hydroxylation is 1. The number of hydrogen-bond acceptors (Lipinski definition) is 2. The molecule has 0 fully saturated rings. The molecule has 0 aliphatic rings. The van der Waals surface area contributed by atoms with E-state index >= 15 is 0 Å². The van der Waals surface area contributed by atoms with E-state index in [4.69, 9.17) is 10.00 Å². The van der Waals surface area contributed by atoms with Gasteiger partial charge in [0.15, 0.2) is 6.10 Å². The molecule has 2 nitrogen and oxygen atoms in total. The fourth-order valence-corrected chi connectivity index (χ4v) is 1.07. The monoisotopic (exact) mass is 175 g/mol. The van der Waals surface area contributed by atoms with Crippen molar-refractivity contribution in [2.45, 2.75) is 26.4 Å². The zero-order valence-corrected chi connectivity index (χ0v) is 7.95. The average molecular weight is 175 g/mol. The smallest absolute Gasteiger partial charge is 0.181 e. The molecule has 0 amide bonds. The van der Waals surface area contributed by atoms with Gasteiger partial charge in [0.05, 0.1) is 0 Å². The van der Waals surface area contributed by atoms with Crippen LogP contribution in [0.1, 0.15) is 19.4 Å². The van der Waals surface area contributed by atoms with Gasteiger partial charge in [-0.2, -0.15) is 5.26 Å². The third kappa shape index (κ3) is 2.79. The van der Waals surface area contributed by atoms with Crippen molar-refractivity contribution in [2.24, 2.45) is 0 Å². The van der Waals surface area contributed by atoms with Crippen LogP contribution in [0.15, 0.2) is 24.3 Å². The summed E-state index contributed by atoms with van der Waals surface area (Å²) in [6.45, 7) is 3.82. The Labute approximate surface area is 78.8 Å². The Balaban J connectivity index is 2.73. The number of rotatable bonds is 3. The summed E-state index contributed by atoms with van der Waals surface area (Å²) < 4.78 is 5.34. The predicted octanol–water partition coefficient (Wildman–Crippen LogP) is 2.54. The molecule has 0 N–H and O–H groups in total. The van der Waals surface area contributed by atoms with Crippen LogP contribution >= 0.6 is 0 Å². The summed E-state index contributed by atoms with van der Waals surface area (Å²) in [4.78, 5) is 0. The lowest BCUT2D eigenvalue weighted by Gasteiger charge is -2.08. The van der Waals surface area contributed by atoms with Crippen LogP contribution in [0.3, 0.4) is 0 Å². The highest BCUT2D eigenvalue weighted by atomic mass is 16.5. The SMILES string of the molecule is CCc1cccc(OC(C)C#N)c1. The largest absolute Gasteiger partial charge is 0.476 e. The van der Waals surface area contributed by atoms with E-state index in [-0.39, 0.29) is 6.10 Å². The van der Waals surface area contributed by atoms with Crippen LogP contribution < -0.4 is 4.74 Å². The summed E-state index contributed by atoms with van der Waals surface area (Å²) in [5.74, 6) is 0.772. The van der Waals surface area contributed by atoms with E-state index < -0.39 is 0 Å². The molecule has 0 bridgehead atoms. The Morgan fingerprint density at radius 3 is 2.92 bits per heavy atom. The number of nitrogens with zero attached hydrogens (tertiary/aromatic N) is 1. The van der Waals surface area contributed by atoms with Crippen molar-refractivity contribution in [3.63, 3.8) is 0 Å². The quantitative estimate of drug-likeness (QED) is 0.707. The lowest BCUT2D eigenvalue weighted by Crippen LogP contribution is -2.08. The maximum atomic E-state index is 8.55. The van der Waals surface area contributed by atoms with Crippen LogP contribution in [-0.2, 0) is 6.42 Å². The fourth-order valence-electron chi connectivity index (χ4n) is 1.07.